The van der Waals surface area contributed by atoms with Crippen LogP contribution in [0.5, 0.6) is 0 Å². The van der Waals surface area contributed by atoms with Crippen molar-refractivity contribution in [3.63, 3.8) is 0 Å². The van der Waals surface area contributed by atoms with Gasteiger partial charge in [-0.2, -0.15) is 0 Å². The largest absolute Gasteiger partial charge is 0.338 e. The molecule has 2 saturated heterocycles. The molecule has 0 bridgehead atoms. The first-order chi connectivity index (χ1) is 11.2. The van der Waals surface area contributed by atoms with Crippen LogP contribution < -0.4 is 10.6 Å². The van der Waals surface area contributed by atoms with Crippen molar-refractivity contribution < 1.29 is 9.59 Å². The van der Waals surface area contributed by atoms with E-state index in [1.807, 2.05) is 29.2 Å². The number of nitrogens with zero attached hydrogens (tertiary/aromatic N) is 1. The Hall–Kier alpha value is -1.59. The molecule has 2 fully saturated rings. The molecule has 2 amide bonds. The van der Waals surface area contributed by atoms with E-state index in [0.29, 0.717) is 25.3 Å². The SMILES string of the molecule is Cl.O=C(CCC1CCNC1)Nc1ccc(CN2CCCC2=O)cc1. The maximum absolute atomic E-state index is 12.0. The van der Waals surface area contributed by atoms with E-state index < -0.39 is 0 Å². The molecule has 6 heteroatoms. The van der Waals surface area contributed by atoms with Gasteiger partial charge in [0.2, 0.25) is 11.8 Å². The van der Waals surface area contributed by atoms with Crippen molar-refractivity contribution in [3.8, 4) is 0 Å². The van der Waals surface area contributed by atoms with Crippen molar-refractivity contribution in [3.05, 3.63) is 29.8 Å². The molecule has 2 N–H and O–H groups in total. The van der Waals surface area contributed by atoms with E-state index in [9.17, 15) is 9.59 Å². The molecule has 24 heavy (non-hydrogen) atoms. The average Bonchev–Trinajstić information content (AvgIpc) is 3.20. The molecule has 2 heterocycles. The summed E-state index contributed by atoms with van der Waals surface area (Å²) in [5, 5.41) is 6.28. The van der Waals surface area contributed by atoms with Gasteiger partial charge in [0.25, 0.3) is 0 Å². The number of carbonyl (C=O) groups is 2. The summed E-state index contributed by atoms with van der Waals surface area (Å²) in [5.41, 5.74) is 1.94. The van der Waals surface area contributed by atoms with Crippen molar-refractivity contribution >= 4 is 29.9 Å². The zero-order valence-electron chi connectivity index (χ0n) is 13.9. The minimum Gasteiger partial charge on any atom is -0.338 e. The Morgan fingerprint density at radius 1 is 1.29 bits per heavy atom. The molecule has 1 unspecified atom stereocenters. The van der Waals surface area contributed by atoms with Crippen LogP contribution >= 0.6 is 12.4 Å². The second kappa shape index (κ2) is 9.04. The fraction of sp³-hybridized carbons (Fsp3) is 0.556. The van der Waals surface area contributed by atoms with Gasteiger partial charge in [0.15, 0.2) is 0 Å². The molecule has 0 radical (unpaired) electrons. The monoisotopic (exact) mass is 351 g/mol. The quantitative estimate of drug-likeness (QED) is 0.828. The van der Waals surface area contributed by atoms with Gasteiger partial charge in [-0.15, -0.1) is 12.4 Å². The van der Waals surface area contributed by atoms with Gasteiger partial charge in [0.05, 0.1) is 0 Å². The number of rotatable bonds is 6. The Labute approximate surface area is 149 Å². The lowest BCUT2D eigenvalue weighted by molar-refractivity contribution is -0.128. The van der Waals surface area contributed by atoms with E-state index in [2.05, 4.69) is 10.6 Å². The number of halogens is 1. The van der Waals surface area contributed by atoms with Crippen molar-refractivity contribution in [1.82, 2.24) is 10.2 Å². The Kier molecular flexibility index (Phi) is 7.06. The van der Waals surface area contributed by atoms with Crippen molar-refractivity contribution in [1.29, 1.82) is 0 Å². The van der Waals surface area contributed by atoms with Crippen molar-refractivity contribution in [2.75, 3.05) is 25.0 Å². The summed E-state index contributed by atoms with van der Waals surface area (Å²) in [5.74, 6) is 0.962. The van der Waals surface area contributed by atoms with Gasteiger partial charge >= 0.3 is 0 Å². The van der Waals surface area contributed by atoms with Crippen molar-refractivity contribution in [2.45, 2.75) is 38.6 Å². The summed E-state index contributed by atoms with van der Waals surface area (Å²) in [6, 6.07) is 7.82. The zero-order chi connectivity index (χ0) is 16.1. The number of hydrogen-bond acceptors (Lipinski definition) is 3. The zero-order valence-corrected chi connectivity index (χ0v) is 14.7. The van der Waals surface area contributed by atoms with Gasteiger partial charge < -0.3 is 15.5 Å². The standard InChI is InChI=1S/C18H25N3O2.ClH/c22-17(8-5-14-9-10-19-12-14)20-16-6-3-15(4-7-16)13-21-11-1-2-18(21)23;/h3-4,6-7,14,19H,1-2,5,8-13H2,(H,20,22);1H. The van der Waals surface area contributed by atoms with E-state index in [4.69, 9.17) is 0 Å². The normalized spacial score (nSPS) is 20.1. The molecule has 3 rings (SSSR count). The molecule has 2 aliphatic heterocycles. The number of hydrogen-bond donors (Lipinski definition) is 2. The first kappa shape index (κ1) is 18.7. The minimum atomic E-state index is 0. The fourth-order valence-electron chi connectivity index (χ4n) is 3.30. The molecule has 0 aromatic heterocycles. The summed E-state index contributed by atoms with van der Waals surface area (Å²) in [6.45, 7) is 3.64. The maximum atomic E-state index is 12.0. The number of amides is 2. The second-order valence-electron chi connectivity index (χ2n) is 6.56. The molecule has 1 aromatic carbocycles. The van der Waals surface area contributed by atoms with Crippen LogP contribution in [0.1, 0.15) is 37.7 Å². The third-order valence-electron chi connectivity index (χ3n) is 4.72. The topological polar surface area (TPSA) is 61.4 Å². The summed E-state index contributed by atoms with van der Waals surface area (Å²) < 4.78 is 0. The number of benzene rings is 1. The Balaban J connectivity index is 0.00000208. The minimum absolute atomic E-state index is 0. The molecule has 0 saturated carbocycles. The predicted molar refractivity (Wildman–Crippen MR) is 97.2 cm³/mol. The summed E-state index contributed by atoms with van der Waals surface area (Å²) in [6.07, 6.45) is 4.34. The second-order valence-corrected chi connectivity index (χ2v) is 6.56. The molecular weight excluding hydrogens is 326 g/mol. The number of carbonyl (C=O) groups excluding carboxylic acids is 2. The molecule has 0 aliphatic carbocycles. The van der Waals surface area contributed by atoms with Crippen LogP contribution in [0, 0.1) is 5.92 Å². The van der Waals surface area contributed by atoms with Crippen LogP contribution in [-0.2, 0) is 16.1 Å². The number of likely N-dealkylation sites (tertiary alicyclic amines) is 1. The highest BCUT2D eigenvalue weighted by Gasteiger charge is 2.20. The van der Waals surface area contributed by atoms with E-state index in [1.165, 1.54) is 6.42 Å². The van der Waals surface area contributed by atoms with E-state index in [-0.39, 0.29) is 24.2 Å². The van der Waals surface area contributed by atoms with Gasteiger partial charge in [0.1, 0.15) is 0 Å². The molecular formula is C18H26ClN3O2. The number of nitrogens with one attached hydrogen (secondary N) is 2. The Morgan fingerprint density at radius 3 is 2.71 bits per heavy atom. The van der Waals surface area contributed by atoms with Crippen LogP contribution in [0.2, 0.25) is 0 Å². The first-order valence-corrected chi connectivity index (χ1v) is 8.58. The Bertz CT molecular complexity index is 556. The lowest BCUT2D eigenvalue weighted by atomic mass is 10.0. The highest BCUT2D eigenvalue weighted by atomic mass is 35.5. The third kappa shape index (κ3) is 5.21. The molecule has 132 valence electrons. The van der Waals surface area contributed by atoms with Gasteiger partial charge in [-0.3, -0.25) is 9.59 Å². The summed E-state index contributed by atoms with van der Waals surface area (Å²) in [7, 11) is 0. The summed E-state index contributed by atoms with van der Waals surface area (Å²) in [4.78, 5) is 25.5. The van der Waals surface area contributed by atoms with Crippen LogP contribution in [0.3, 0.4) is 0 Å². The third-order valence-corrected chi connectivity index (χ3v) is 4.72. The van der Waals surface area contributed by atoms with Gasteiger partial charge in [-0.05, 0) is 56.0 Å². The van der Waals surface area contributed by atoms with Crippen LogP contribution in [0.25, 0.3) is 0 Å². The van der Waals surface area contributed by atoms with Crippen LogP contribution in [0.15, 0.2) is 24.3 Å². The molecule has 1 atom stereocenters. The van der Waals surface area contributed by atoms with Crippen molar-refractivity contribution in [2.24, 2.45) is 5.92 Å². The van der Waals surface area contributed by atoms with Gasteiger partial charge in [-0.25, -0.2) is 0 Å². The smallest absolute Gasteiger partial charge is 0.224 e. The molecule has 2 aliphatic rings. The lowest BCUT2D eigenvalue weighted by Crippen LogP contribution is -2.23. The lowest BCUT2D eigenvalue weighted by Gasteiger charge is -2.15. The molecule has 1 aromatic rings. The predicted octanol–water partition coefficient (Wildman–Crippen LogP) is 2.56. The fourth-order valence-corrected chi connectivity index (χ4v) is 3.30. The molecule has 0 spiro atoms. The highest BCUT2D eigenvalue weighted by molar-refractivity contribution is 5.90. The molecule has 5 nitrogen and oxygen atoms in total. The summed E-state index contributed by atoms with van der Waals surface area (Å²) >= 11 is 0. The highest BCUT2D eigenvalue weighted by Crippen LogP contribution is 2.18. The van der Waals surface area contributed by atoms with E-state index in [1.54, 1.807) is 0 Å². The van der Waals surface area contributed by atoms with Gasteiger partial charge in [0, 0.05) is 31.6 Å². The maximum Gasteiger partial charge on any atom is 0.224 e. The van der Waals surface area contributed by atoms with E-state index >= 15 is 0 Å². The number of anilines is 1. The van der Waals surface area contributed by atoms with Gasteiger partial charge in [-0.1, -0.05) is 12.1 Å². The van der Waals surface area contributed by atoms with E-state index in [0.717, 1.165) is 43.7 Å². The first-order valence-electron chi connectivity index (χ1n) is 8.58. The van der Waals surface area contributed by atoms with Crippen LogP contribution in [0.4, 0.5) is 5.69 Å². The Morgan fingerprint density at radius 2 is 2.08 bits per heavy atom. The average molecular weight is 352 g/mol. The van der Waals surface area contributed by atoms with Crippen LogP contribution in [-0.4, -0.2) is 36.3 Å².